The van der Waals surface area contributed by atoms with E-state index >= 15 is 0 Å². The zero-order valence-electron chi connectivity index (χ0n) is 24.2. The van der Waals surface area contributed by atoms with Crippen LogP contribution in [-0.2, 0) is 20.3 Å². The molecule has 12 heteroatoms. The Morgan fingerprint density at radius 2 is 1.80 bits per heavy atom. The summed E-state index contributed by atoms with van der Waals surface area (Å²) >= 11 is 1.26. The zero-order chi connectivity index (χ0) is 31.0. The summed E-state index contributed by atoms with van der Waals surface area (Å²) in [4.78, 5) is 63.9. The van der Waals surface area contributed by atoms with Gasteiger partial charge in [0.25, 0.3) is 5.91 Å². The number of likely N-dealkylation sites (tertiary alicyclic amines) is 1. The minimum atomic E-state index is -4.23. The van der Waals surface area contributed by atoms with Crippen LogP contribution in [0.5, 0.6) is 0 Å². The van der Waals surface area contributed by atoms with Crippen molar-refractivity contribution in [3.05, 3.63) is 70.6 Å². The van der Waals surface area contributed by atoms with Crippen LogP contribution in [0, 0.1) is 17.2 Å². The summed E-state index contributed by atoms with van der Waals surface area (Å²) in [6.45, 7) is 0.770. The first-order chi connectivity index (χ1) is 21.1. The van der Waals surface area contributed by atoms with Crippen LogP contribution in [0.2, 0.25) is 0 Å². The molecule has 0 spiro atoms. The number of hydrogen-bond acceptors (Lipinski definition) is 6. The Morgan fingerprint density at radius 1 is 1.02 bits per heavy atom. The molecule has 0 saturated carbocycles. The summed E-state index contributed by atoms with van der Waals surface area (Å²) in [7, 11) is -4.23. The number of nitrogens with one attached hydrogen (secondary N) is 1. The molecular formula is C32H35N4O6PS. The van der Waals surface area contributed by atoms with Gasteiger partial charge in [-0.3, -0.25) is 18.9 Å². The van der Waals surface area contributed by atoms with Crippen LogP contribution in [0.3, 0.4) is 0 Å². The van der Waals surface area contributed by atoms with Crippen molar-refractivity contribution in [2.45, 2.75) is 68.7 Å². The van der Waals surface area contributed by atoms with Gasteiger partial charge in [0.2, 0.25) is 11.8 Å². The number of amides is 3. The summed E-state index contributed by atoms with van der Waals surface area (Å²) in [5.74, 6) is -1.14. The van der Waals surface area contributed by atoms with Gasteiger partial charge in [-0.1, -0.05) is 49.2 Å². The van der Waals surface area contributed by atoms with E-state index in [2.05, 4.69) is 11.4 Å². The Kier molecular flexibility index (Phi) is 8.62. The van der Waals surface area contributed by atoms with Crippen LogP contribution in [0.4, 0.5) is 0 Å². The van der Waals surface area contributed by atoms with E-state index in [1.807, 2.05) is 30.3 Å². The van der Waals surface area contributed by atoms with Crippen molar-refractivity contribution >= 4 is 46.7 Å². The molecule has 4 heterocycles. The highest BCUT2D eigenvalue weighted by Gasteiger charge is 2.47. The average Bonchev–Trinajstić information content (AvgIpc) is 3.73. The summed E-state index contributed by atoms with van der Waals surface area (Å²) in [5, 5.41) is 13.5. The number of fused-ring (bicyclic) bond motifs is 2. The standard InChI is InChI=1S/C32H35N4O6PS/c33-16-23-17-35(18-25(23)21-6-2-1-3-7-21)32(39)27-12-11-24-8-4-5-9-26(31(38)36(24)27)34-30(37)29-15-22-14-20(19-43(40,41)42)10-13-28(22)44-29/h1-3,6-7,10,13-15,23-27H,4-5,8-9,11-12,17-19H2,(H,34,37)(H2,40,41,42)/t23-,24-,25+,26-,27-/m0/s1. The normalized spacial score (nSPS) is 25.8. The fraction of sp³-hybridized carbons (Fsp3) is 0.438. The lowest BCUT2D eigenvalue weighted by Crippen LogP contribution is -2.56. The van der Waals surface area contributed by atoms with Crippen molar-refractivity contribution in [1.29, 1.82) is 5.26 Å². The molecule has 5 atom stereocenters. The smallest absolute Gasteiger partial charge is 0.329 e. The number of hydrogen-bond donors (Lipinski definition) is 3. The molecule has 0 bridgehead atoms. The maximum atomic E-state index is 14.0. The monoisotopic (exact) mass is 634 g/mol. The molecule has 0 unspecified atom stereocenters. The Labute approximate surface area is 259 Å². The molecule has 44 heavy (non-hydrogen) atoms. The van der Waals surface area contributed by atoms with Crippen LogP contribution in [0.1, 0.15) is 65.2 Å². The largest absolute Gasteiger partial charge is 0.340 e. The topological polar surface area (TPSA) is 151 Å². The fourth-order valence-electron chi connectivity index (χ4n) is 7.04. The van der Waals surface area contributed by atoms with Gasteiger partial charge < -0.3 is 24.9 Å². The van der Waals surface area contributed by atoms with Gasteiger partial charge in [-0.25, -0.2) is 0 Å². The molecular weight excluding hydrogens is 599 g/mol. The molecule has 10 nitrogen and oxygen atoms in total. The van der Waals surface area contributed by atoms with E-state index in [4.69, 9.17) is 0 Å². The summed E-state index contributed by atoms with van der Waals surface area (Å²) in [6, 6.07) is 17.4. The lowest BCUT2D eigenvalue weighted by Gasteiger charge is -2.36. The van der Waals surface area contributed by atoms with Gasteiger partial charge in [-0.15, -0.1) is 11.3 Å². The molecule has 3 aromatic rings. The number of thiophene rings is 1. The van der Waals surface area contributed by atoms with Crippen molar-refractivity contribution in [3.8, 4) is 6.07 Å². The lowest BCUT2D eigenvalue weighted by atomic mass is 9.90. The van der Waals surface area contributed by atoms with Crippen molar-refractivity contribution in [1.82, 2.24) is 15.1 Å². The van der Waals surface area contributed by atoms with Gasteiger partial charge in [0.1, 0.15) is 12.1 Å². The molecule has 230 valence electrons. The van der Waals surface area contributed by atoms with Gasteiger partial charge in [0, 0.05) is 29.7 Å². The number of carbonyl (C=O) groups excluding carboxylic acids is 3. The number of nitriles is 1. The Bertz CT molecular complexity index is 1670. The first kappa shape index (κ1) is 30.5. The Morgan fingerprint density at radius 3 is 2.55 bits per heavy atom. The van der Waals surface area contributed by atoms with Crippen LogP contribution in [0.25, 0.3) is 10.1 Å². The number of nitrogens with zero attached hydrogens (tertiary/aromatic N) is 3. The minimum absolute atomic E-state index is 0.0628. The first-order valence-electron chi connectivity index (χ1n) is 15.0. The third kappa shape index (κ3) is 6.31. The van der Waals surface area contributed by atoms with Crippen molar-refractivity contribution in [2.24, 2.45) is 5.92 Å². The van der Waals surface area contributed by atoms with Crippen molar-refractivity contribution in [2.75, 3.05) is 13.1 Å². The quantitative estimate of drug-likeness (QED) is 0.341. The summed E-state index contributed by atoms with van der Waals surface area (Å²) in [6.07, 6.45) is 3.88. The molecule has 3 aliphatic heterocycles. The Hall–Kier alpha value is -3.55. The molecule has 0 aliphatic carbocycles. The van der Waals surface area contributed by atoms with E-state index in [1.54, 1.807) is 34.1 Å². The van der Waals surface area contributed by atoms with Crippen molar-refractivity contribution < 1.29 is 28.7 Å². The second-order valence-corrected chi connectivity index (χ2v) is 14.8. The molecule has 3 saturated heterocycles. The van der Waals surface area contributed by atoms with E-state index in [1.165, 1.54) is 11.3 Å². The highest BCUT2D eigenvalue weighted by molar-refractivity contribution is 7.50. The maximum absolute atomic E-state index is 14.0. The maximum Gasteiger partial charge on any atom is 0.329 e. The van der Waals surface area contributed by atoms with Crippen LogP contribution < -0.4 is 5.32 Å². The van der Waals surface area contributed by atoms with Crippen LogP contribution in [-0.4, -0.2) is 68.5 Å². The number of benzene rings is 2. The number of carbonyl (C=O) groups is 3. The van der Waals surface area contributed by atoms with Crippen LogP contribution >= 0.6 is 18.9 Å². The molecule has 1 aromatic heterocycles. The molecule has 2 aromatic carbocycles. The lowest BCUT2D eigenvalue weighted by molar-refractivity contribution is -0.146. The van der Waals surface area contributed by atoms with E-state index < -0.39 is 19.7 Å². The van der Waals surface area contributed by atoms with E-state index in [0.717, 1.165) is 35.9 Å². The second kappa shape index (κ2) is 12.4. The van der Waals surface area contributed by atoms with Gasteiger partial charge in [-0.05, 0) is 60.4 Å². The zero-order valence-corrected chi connectivity index (χ0v) is 25.9. The predicted octanol–water partition coefficient (Wildman–Crippen LogP) is 4.38. The molecule has 3 aliphatic rings. The summed E-state index contributed by atoms with van der Waals surface area (Å²) in [5.41, 5.74) is 1.51. The first-order valence-corrected chi connectivity index (χ1v) is 17.7. The van der Waals surface area contributed by atoms with Gasteiger partial charge in [-0.2, -0.15) is 5.26 Å². The van der Waals surface area contributed by atoms with E-state index in [9.17, 15) is 34.0 Å². The molecule has 3 N–H and O–H groups in total. The van der Waals surface area contributed by atoms with Gasteiger partial charge in [0.05, 0.1) is 23.0 Å². The average molecular weight is 635 g/mol. The minimum Gasteiger partial charge on any atom is -0.340 e. The SMILES string of the molecule is N#C[C@H]1CN(C(=O)[C@@H]2CC[C@@H]3CCCC[C@H](NC(=O)c4cc5cc(CP(=O)(O)O)ccc5s4)C(=O)N32)C[C@@H]1c1ccccc1. The third-order valence-corrected chi connectivity index (χ3v) is 11.0. The third-order valence-electron chi connectivity index (χ3n) is 9.14. The van der Waals surface area contributed by atoms with E-state index in [0.29, 0.717) is 41.8 Å². The second-order valence-electron chi connectivity index (χ2n) is 12.1. The van der Waals surface area contributed by atoms with Gasteiger partial charge >= 0.3 is 7.60 Å². The molecule has 3 fully saturated rings. The molecule has 0 radical (unpaired) electrons. The predicted molar refractivity (Wildman–Crippen MR) is 166 cm³/mol. The Balaban J connectivity index is 1.18. The van der Waals surface area contributed by atoms with Crippen molar-refractivity contribution in [3.63, 3.8) is 0 Å². The van der Waals surface area contributed by atoms with Crippen LogP contribution in [0.15, 0.2) is 54.6 Å². The number of rotatable bonds is 6. The highest BCUT2D eigenvalue weighted by Crippen LogP contribution is 2.40. The fourth-order valence-corrected chi connectivity index (χ4v) is 8.66. The molecule has 6 rings (SSSR count). The van der Waals surface area contributed by atoms with Gasteiger partial charge in [0.15, 0.2) is 0 Å². The van der Waals surface area contributed by atoms with E-state index in [-0.39, 0.29) is 41.8 Å². The summed E-state index contributed by atoms with van der Waals surface area (Å²) < 4.78 is 12.2. The highest BCUT2D eigenvalue weighted by atomic mass is 32.1. The molecule has 3 amide bonds.